The molecule has 142 valence electrons. The summed E-state index contributed by atoms with van der Waals surface area (Å²) >= 11 is 4.60. The summed E-state index contributed by atoms with van der Waals surface area (Å²) in [7, 11) is 0. The van der Waals surface area contributed by atoms with Crippen LogP contribution in [0.15, 0.2) is 24.3 Å². The van der Waals surface area contributed by atoms with Gasteiger partial charge in [0.15, 0.2) is 0 Å². The molecule has 0 saturated heterocycles. The van der Waals surface area contributed by atoms with Crippen molar-refractivity contribution in [2.24, 2.45) is 0 Å². The van der Waals surface area contributed by atoms with Crippen molar-refractivity contribution in [2.75, 3.05) is 4.31 Å². The Morgan fingerprint density at radius 2 is 1.77 bits per heavy atom. The largest absolute Gasteiger partial charge is 0.332 e. The van der Waals surface area contributed by atoms with E-state index >= 15 is 0 Å². The highest BCUT2D eigenvalue weighted by Gasteiger charge is 2.24. The first-order valence-electron chi connectivity index (χ1n) is 10.3. The lowest BCUT2D eigenvalue weighted by molar-refractivity contribution is 0.247. The van der Waals surface area contributed by atoms with E-state index in [4.69, 9.17) is 0 Å². The van der Waals surface area contributed by atoms with Crippen molar-refractivity contribution < 1.29 is 4.79 Å². The second kappa shape index (κ2) is 8.98. The van der Waals surface area contributed by atoms with Gasteiger partial charge in [-0.25, -0.2) is 9.10 Å². The fourth-order valence-electron chi connectivity index (χ4n) is 4.35. The van der Waals surface area contributed by atoms with Gasteiger partial charge in [-0.15, -0.1) is 0 Å². The number of aryl methyl sites for hydroxylation is 2. The number of rotatable bonds is 5. The van der Waals surface area contributed by atoms with Crippen LogP contribution in [-0.2, 0) is 12.8 Å². The zero-order valence-electron chi connectivity index (χ0n) is 16.1. The Morgan fingerprint density at radius 3 is 2.31 bits per heavy atom. The van der Waals surface area contributed by atoms with Gasteiger partial charge in [0, 0.05) is 6.04 Å². The molecule has 0 aromatic heterocycles. The number of allylic oxidation sites excluding steroid dienone is 1. The van der Waals surface area contributed by atoms with Gasteiger partial charge in [-0.05, 0) is 67.6 Å². The summed E-state index contributed by atoms with van der Waals surface area (Å²) in [5.41, 5.74) is 4.90. The molecule has 26 heavy (non-hydrogen) atoms. The maximum absolute atomic E-state index is 12.8. The van der Waals surface area contributed by atoms with Crippen molar-refractivity contribution in [3.63, 3.8) is 0 Å². The summed E-state index contributed by atoms with van der Waals surface area (Å²) in [4.78, 5) is 12.8. The Morgan fingerprint density at radius 1 is 1.12 bits per heavy atom. The second-order valence-electron chi connectivity index (χ2n) is 7.60. The smallest absolute Gasteiger partial charge is 0.331 e. The summed E-state index contributed by atoms with van der Waals surface area (Å²) in [6.07, 6.45) is 14.6. The van der Waals surface area contributed by atoms with Crippen molar-refractivity contribution in [1.29, 1.82) is 0 Å². The molecule has 4 heteroatoms. The molecule has 2 amide bonds. The monoisotopic (exact) mass is 372 g/mol. The summed E-state index contributed by atoms with van der Waals surface area (Å²) < 4.78 is 1.54. The molecule has 3 nitrogen and oxygen atoms in total. The van der Waals surface area contributed by atoms with Crippen LogP contribution in [0.4, 0.5) is 10.5 Å². The van der Waals surface area contributed by atoms with Gasteiger partial charge in [0.2, 0.25) is 0 Å². The zero-order valence-corrected chi connectivity index (χ0v) is 17.0. The van der Waals surface area contributed by atoms with Crippen molar-refractivity contribution in [1.82, 2.24) is 5.32 Å². The lowest BCUT2D eigenvalue weighted by Crippen LogP contribution is -2.41. The van der Waals surface area contributed by atoms with E-state index in [9.17, 15) is 4.79 Å². The molecule has 1 N–H and O–H groups in total. The molecule has 2 aliphatic rings. The van der Waals surface area contributed by atoms with Crippen molar-refractivity contribution >= 4 is 24.5 Å². The maximum atomic E-state index is 12.8. The maximum Gasteiger partial charge on any atom is 0.332 e. The van der Waals surface area contributed by atoms with Crippen LogP contribution in [0.1, 0.15) is 81.4 Å². The van der Waals surface area contributed by atoms with E-state index in [1.54, 1.807) is 4.31 Å². The van der Waals surface area contributed by atoms with E-state index in [0.717, 1.165) is 37.8 Å². The molecule has 0 bridgehead atoms. The quantitative estimate of drug-likeness (QED) is 0.487. The minimum Gasteiger partial charge on any atom is -0.331 e. The first kappa shape index (κ1) is 19.3. The molecule has 0 radical (unpaired) electrons. The van der Waals surface area contributed by atoms with Crippen LogP contribution in [0, 0.1) is 0 Å². The van der Waals surface area contributed by atoms with Gasteiger partial charge in [0.25, 0.3) is 0 Å². The number of nitrogens with zero attached hydrogens (tertiary/aromatic N) is 1. The average molecular weight is 373 g/mol. The van der Waals surface area contributed by atoms with E-state index in [-0.39, 0.29) is 12.1 Å². The minimum atomic E-state index is -0.122. The van der Waals surface area contributed by atoms with Gasteiger partial charge < -0.3 is 5.32 Å². The van der Waals surface area contributed by atoms with E-state index < -0.39 is 0 Å². The lowest BCUT2D eigenvalue weighted by atomic mass is 9.91. The summed E-state index contributed by atoms with van der Waals surface area (Å²) in [6.45, 7) is 4.33. The van der Waals surface area contributed by atoms with E-state index in [1.165, 1.54) is 42.4 Å². The van der Waals surface area contributed by atoms with Crippen LogP contribution in [-0.4, -0.2) is 12.1 Å². The summed E-state index contributed by atoms with van der Waals surface area (Å²) in [5, 5.41) is 3.11. The minimum absolute atomic E-state index is 0.122. The van der Waals surface area contributed by atoms with Gasteiger partial charge in [-0.3, -0.25) is 0 Å². The molecule has 3 rings (SSSR count). The number of hydrogen-bond donors (Lipinski definition) is 2. The van der Waals surface area contributed by atoms with Crippen molar-refractivity contribution in [3.05, 3.63) is 41.0 Å². The molecular formula is C22H32N2OS. The molecule has 1 unspecified atom stereocenters. The van der Waals surface area contributed by atoms with Crippen LogP contribution in [0.5, 0.6) is 0 Å². The number of hydrogen-bond acceptors (Lipinski definition) is 2. The van der Waals surface area contributed by atoms with Gasteiger partial charge in [0.05, 0.1) is 5.69 Å². The molecule has 1 atom stereocenters. The van der Waals surface area contributed by atoms with Crippen LogP contribution < -0.4 is 9.62 Å². The van der Waals surface area contributed by atoms with E-state index in [1.807, 2.05) is 0 Å². The Kier molecular flexibility index (Phi) is 6.68. The highest BCUT2D eigenvalue weighted by Crippen LogP contribution is 2.38. The second-order valence-corrected chi connectivity index (χ2v) is 8.00. The van der Waals surface area contributed by atoms with Gasteiger partial charge in [-0.1, -0.05) is 63.8 Å². The number of urea groups is 1. The van der Waals surface area contributed by atoms with Crippen LogP contribution in [0.3, 0.4) is 0 Å². The zero-order chi connectivity index (χ0) is 18.5. The number of carbonyl (C=O) groups is 1. The molecule has 1 saturated carbocycles. The SMILES string of the molecule is CCc1cc(C2CCCC2)cc(CC)c1N(S)C(=O)NC1C=CCCC1. The van der Waals surface area contributed by atoms with Crippen molar-refractivity contribution in [3.8, 4) is 0 Å². The fraction of sp³-hybridized carbons (Fsp3) is 0.591. The molecule has 1 aromatic carbocycles. The Balaban J connectivity index is 1.85. The Bertz CT molecular complexity index is 639. The predicted molar refractivity (Wildman–Crippen MR) is 113 cm³/mol. The van der Waals surface area contributed by atoms with Gasteiger partial charge in [0.1, 0.15) is 0 Å². The molecule has 2 aliphatic carbocycles. The number of amides is 2. The van der Waals surface area contributed by atoms with E-state index in [0.29, 0.717) is 5.92 Å². The molecule has 1 aromatic rings. The Labute approximate surface area is 163 Å². The Hall–Kier alpha value is -1.42. The number of thiol groups is 1. The third kappa shape index (κ3) is 4.28. The van der Waals surface area contributed by atoms with E-state index in [2.05, 4.69) is 56.3 Å². The number of anilines is 1. The highest BCUT2D eigenvalue weighted by atomic mass is 32.1. The van der Waals surface area contributed by atoms with Gasteiger partial charge in [-0.2, -0.15) is 0 Å². The van der Waals surface area contributed by atoms with Crippen LogP contribution in [0.25, 0.3) is 0 Å². The third-order valence-electron chi connectivity index (χ3n) is 5.85. The van der Waals surface area contributed by atoms with Crippen LogP contribution in [0.2, 0.25) is 0 Å². The third-order valence-corrected chi connectivity index (χ3v) is 6.23. The van der Waals surface area contributed by atoms with Crippen molar-refractivity contribution in [2.45, 2.75) is 83.6 Å². The average Bonchev–Trinajstić information content (AvgIpc) is 3.21. The molecule has 0 aliphatic heterocycles. The summed E-state index contributed by atoms with van der Waals surface area (Å²) in [6, 6.07) is 4.64. The molecule has 1 fully saturated rings. The topological polar surface area (TPSA) is 32.3 Å². The molecule has 0 spiro atoms. The number of carbonyl (C=O) groups excluding carboxylic acids is 1. The lowest BCUT2D eigenvalue weighted by Gasteiger charge is -2.27. The van der Waals surface area contributed by atoms with Crippen LogP contribution >= 0.6 is 12.8 Å². The molecule has 0 heterocycles. The highest BCUT2D eigenvalue weighted by molar-refractivity contribution is 7.82. The van der Waals surface area contributed by atoms with Gasteiger partial charge >= 0.3 is 6.03 Å². The molecular weight excluding hydrogens is 340 g/mol. The first-order chi connectivity index (χ1) is 12.6. The number of nitrogens with one attached hydrogen (secondary N) is 1. The standard InChI is InChI=1S/C22H32N2OS/c1-3-16-14-19(18-10-8-9-11-18)15-17(4-2)21(16)24(26)22(25)23-20-12-6-5-7-13-20/h6,12,14-15,18,20,26H,3-5,7-11,13H2,1-2H3,(H,23,25). The predicted octanol–water partition coefficient (Wildman–Crippen LogP) is 5.94. The summed E-state index contributed by atoms with van der Waals surface area (Å²) in [5.74, 6) is 0.689. The first-order valence-corrected chi connectivity index (χ1v) is 10.7. The fourth-order valence-corrected chi connectivity index (χ4v) is 4.66. The number of benzene rings is 1. The normalized spacial score (nSPS) is 20.3.